The summed E-state index contributed by atoms with van der Waals surface area (Å²) >= 11 is 0. The lowest BCUT2D eigenvalue weighted by Gasteiger charge is -2.18. The molecule has 2 atom stereocenters. The van der Waals surface area contributed by atoms with Crippen LogP contribution < -0.4 is 0 Å². The Morgan fingerprint density at radius 3 is 2.22 bits per heavy atom. The normalized spacial score (nSPS) is 13.8. The number of carboxylic acid groups (broad SMARTS) is 1. The van der Waals surface area contributed by atoms with E-state index in [-0.39, 0.29) is 0 Å². The van der Waals surface area contributed by atoms with Gasteiger partial charge in [0, 0.05) is 5.56 Å². The molecule has 6 heteroatoms. The number of benzene rings is 1. The molecule has 0 spiro atoms. The standard InChI is InChI=1S/C12H11N3O3/c16-11(8-4-2-1-3-5-8)10(12(17)18)9-6-13-15-14-7-9/h1-7,10-11,16H,(H,17,18). The Morgan fingerprint density at radius 1 is 1.06 bits per heavy atom. The van der Waals surface area contributed by atoms with Crippen LogP contribution in [-0.4, -0.2) is 31.6 Å². The van der Waals surface area contributed by atoms with Crippen LogP contribution in [0.25, 0.3) is 0 Å². The van der Waals surface area contributed by atoms with Crippen LogP contribution in [0.4, 0.5) is 0 Å². The van der Waals surface area contributed by atoms with Crippen LogP contribution in [0.3, 0.4) is 0 Å². The third-order valence-electron chi connectivity index (χ3n) is 2.60. The van der Waals surface area contributed by atoms with Gasteiger partial charge in [0.2, 0.25) is 0 Å². The largest absolute Gasteiger partial charge is 0.481 e. The highest BCUT2D eigenvalue weighted by atomic mass is 16.4. The van der Waals surface area contributed by atoms with Gasteiger partial charge in [0.05, 0.1) is 18.5 Å². The summed E-state index contributed by atoms with van der Waals surface area (Å²) in [5, 5.41) is 29.8. The Kier molecular flexibility index (Phi) is 3.59. The summed E-state index contributed by atoms with van der Waals surface area (Å²) < 4.78 is 0. The van der Waals surface area contributed by atoms with Gasteiger partial charge in [-0.05, 0) is 10.8 Å². The van der Waals surface area contributed by atoms with Crippen molar-refractivity contribution in [1.82, 2.24) is 15.4 Å². The molecular weight excluding hydrogens is 234 g/mol. The van der Waals surface area contributed by atoms with Crippen LogP contribution in [-0.2, 0) is 4.79 Å². The van der Waals surface area contributed by atoms with E-state index in [0.717, 1.165) is 0 Å². The second kappa shape index (κ2) is 5.33. The zero-order valence-electron chi connectivity index (χ0n) is 9.34. The number of aliphatic hydroxyl groups is 1. The summed E-state index contributed by atoms with van der Waals surface area (Å²) in [5.74, 6) is -2.25. The molecule has 0 saturated heterocycles. The summed E-state index contributed by atoms with van der Waals surface area (Å²) in [7, 11) is 0. The third kappa shape index (κ3) is 2.49. The van der Waals surface area contributed by atoms with Gasteiger partial charge in [-0.15, -0.1) is 10.2 Å². The van der Waals surface area contributed by atoms with Crippen molar-refractivity contribution in [2.75, 3.05) is 0 Å². The van der Waals surface area contributed by atoms with E-state index < -0.39 is 18.0 Å². The Morgan fingerprint density at radius 2 is 1.67 bits per heavy atom. The van der Waals surface area contributed by atoms with Gasteiger partial charge in [0.25, 0.3) is 0 Å². The topological polar surface area (TPSA) is 96.2 Å². The summed E-state index contributed by atoms with van der Waals surface area (Å²) in [4.78, 5) is 11.3. The van der Waals surface area contributed by atoms with Gasteiger partial charge in [-0.2, -0.15) is 0 Å². The molecule has 1 aromatic heterocycles. The number of carboxylic acids is 1. The zero-order chi connectivity index (χ0) is 13.0. The lowest BCUT2D eigenvalue weighted by atomic mass is 9.91. The minimum Gasteiger partial charge on any atom is -0.481 e. The molecule has 1 aromatic carbocycles. The number of carbonyl (C=O) groups is 1. The predicted molar refractivity (Wildman–Crippen MR) is 61.6 cm³/mol. The van der Waals surface area contributed by atoms with Gasteiger partial charge in [0.15, 0.2) is 0 Å². The molecule has 0 fully saturated rings. The maximum absolute atomic E-state index is 11.3. The first kappa shape index (κ1) is 12.1. The number of hydrogen-bond donors (Lipinski definition) is 2. The number of aliphatic carboxylic acids is 1. The minimum absolute atomic E-state index is 0.314. The van der Waals surface area contributed by atoms with Crippen molar-refractivity contribution in [3.8, 4) is 0 Å². The van der Waals surface area contributed by atoms with Crippen LogP contribution in [0.2, 0.25) is 0 Å². The van der Waals surface area contributed by atoms with E-state index in [2.05, 4.69) is 15.4 Å². The van der Waals surface area contributed by atoms with E-state index in [1.807, 2.05) is 0 Å². The number of aromatic nitrogens is 3. The van der Waals surface area contributed by atoms with Gasteiger partial charge in [-0.25, -0.2) is 0 Å². The summed E-state index contributed by atoms with van der Waals surface area (Å²) in [6.07, 6.45) is 1.42. The Balaban J connectivity index is 2.35. The molecule has 0 aliphatic rings. The molecule has 1 heterocycles. The first-order chi connectivity index (χ1) is 8.70. The highest BCUT2D eigenvalue weighted by molar-refractivity contribution is 5.77. The van der Waals surface area contributed by atoms with Gasteiger partial charge in [-0.1, -0.05) is 30.3 Å². The first-order valence-electron chi connectivity index (χ1n) is 5.29. The van der Waals surface area contributed by atoms with Crippen molar-refractivity contribution in [3.63, 3.8) is 0 Å². The number of hydrogen-bond acceptors (Lipinski definition) is 5. The van der Waals surface area contributed by atoms with E-state index in [9.17, 15) is 15.0 Å². The second-order valence-electron chi connectivity index (χ2n) is 3.75. The highest BCUT2D eigenvalue weighted by Crippen LogP contribution is 2.30. The molecule has 2 aromatic rings. The molecule has 0 bridgehead atoms. The van der Waals surface area contributed by atoms with Crippen LogP contribution in [0, 0.1) is 0 Å². The van der Waals surface area contributed by atoms with E-state index in [1.54, 1.807) is 30.3 Å². The molecule has 2 N–H and O–H groups in total. The molecule has 0 aliphatic heterocycles. The molecule has 0 aliphatic carbocycles. The van der Waals surface area contributed by atoms with Crippen molar-refractivity contribution in [1.29, 1.82) is 0 Å². The van der Waals surface area contributed by atoms with Gasteiger partial charge in [-0.3, -0.25) is 4.79 Å². The maximum Gasteiger partial charge on any atom is 0.314 e. The van der Waals surface area contributed by atoms with Crippen molar-refractivity contribution in [3.05, 3.63) is 53.9 Å². The van der Waals surface area contributed by atoms with E-state index in [1.165, 1.54) is 12.4 Å². The highest BCUT2D eigenvalue weighted by Gasteiger charge is 2.30. The van der Waals surface area contributed by atoms with E-state index in [4.69, 9.17) is 0 Å². The minimum atomic E-state index is -1.16. The molecule has 18 heavy (non-hydrogen) atoms. The van der Waals surface area contributed by atoms with E-state index >= 15 is 0 Å². The van der Waals surface area contributed by atoms with Crippen molar-refractivity contribution >= 4 is 5.97 Å². The lowest BCUT2D eigenvalue weighted by molar-refractivity contribution is -0.141. The molecular formula is C12H11N3O3. The average molecular weight is 245 g/mol. The second-order valence-corrected chi connectivity index (χ2v) is 3.75. The van der Waals surface area contributed by atoms with Crippen LogP contribution in [0.1, 0.15) is 23.1 Å². The van der Waals surface area contributed by atoms with Gasteiger partial charge in [0.1, 0.15) is 5.92 Å². The number of rotatable bonds is 4. The molecule has 0 saturated carbocycles. The smallest absolute Gasteiger partial charge is 0.314 e. The molecule has 6 nitrogen and oxygen atoms in total. The summed E-state index contributed by atoms with van der Waals surface area (Å²) in [5.41, 5.74) is 0.843. The van der Waals surface area contributed by atoms with Crippen LogP contribution >= 0.6 is 0 Å². The van der Waals surface area contributed by atoms with Gasteiger partial charge < -0.3 is 10.2 Å². The Bertz CT molecular complexity index is 519. The van der Waals surface area contributed by atoms with Crippen molar-refractivity contribution in [2.45, 2.75) is 12.0 Å². The predicted octanol–water partition coefficient (Wildman–Crippen LogP) is 0.773. The molecule has 0 amide bonds. The van der Waals surface area contributed by atoms with E-state index in [0.29, 0.717) is 11.1 Å². The third-order valence-corrected chi connectivity index (χ3v) is 2.60. The van der Waals surface area contributed by atoms with Gasteiger partial charge >= 0.3 is 5.97 Å². The Hall–Kier alpha value is -2.34. The fourth-order valence-corrected chi connectivity index (χ4v) is 1.71. The molecule has 2 unspecified atom stereocenters. The zero-order valence-corrected chi connectivity index (χ0v) is 9.34. The SMILES string of the molecule is O=C(O)C(c1cnnnc1)C(O)c1ccccc1. The molecule has 2 rings (SSSR count). The number of nitrogens with zero attached hydrogens (tertiary/aromatic N) is 3. The van der Waals surface area contributed by atoms with Crippen molar-refractivity contribution in [2.24, 2.45) is 0 Å². The van der Waals surface area contributed by atoms with Crippen LogP contribution in [0.15, 0.2) is 42.7 Å². The monoisotopic (exact) mass is 245 g/mol. The summed E-state index contributed by atoms with van der Waals surface area (Å²) in [6.45, 7) is 0. The van der Waals surface area contributed by atoms with Crippen LogP contribution in [0.5, 0.6) is 0 Å². The van der Waals surface area contributed by atoms with Crippen molar-refractivity contribution < 1.29 is 15.0 Å². The summed E-state index contributed by atoms with van der Waals surface area (Å²) in [6, 6.07) is 8.61. The number of aliphatic hydroxyl groups excluding tert-OH is 1. The quantitative estimate of drug-likeness (QED) is 0.826. The molecule has 92 valence electrons. The fraction of sp³-hybridized carbons (Fsp3) is 0.167. The maximum atomic E-state index is 11.3. The lowest BCUT2D eigenvalue weighted by Crippen LogP contribution is -2.20. The fourth-order valence-electron chi connectivity index (χ4n) is 1.71. The average Bonchev–Trinajstić information content (AvgIpc) is 2.40. The first-order valence-corrected chi connectivity index (χ1v) is 5.29. The Labute approximate surface area is 103 Å². The molecule has 0 radical (unpaired) electrons.